The fourth-order valence-electron chi connectivity index (χ4n) is 2.13. The van der Waals surface area contributed by atoms with Gasteiger partial charge in [-0.2, -0.15) is 0 Å². The maximum Gasteiger partial charge on any atom is 0.335 e. The van der Waals surface area contributed by atoms with E-state index in [1.807, 2.05) is 0 Å². The van der Waals surface area contributed by atoms with Gasteiger partial charge in [0.2, 0.25) is 0 Å². The number of anilines is 1. The molecule has 3 N–H and O–H groups in total. The van der Waals surface area contributed by atoms with E-state index in [-0.39, 0.29) is 23.0 Å². The van der Waals surface area contributed by atoms with Gasteiger partial charge in [-0.1, -0.05) is 6.42 Å². The number of carboxylic acids is 1. The standard InChI is InChI=1S/C14H18N2O4/c1-16(8-9-3-2-4-9)14(20)15-11-6-5-10(13(18)19)7-12(11)17/h5-7,9,17H,2-4,8H2,1H3,(H,15,20)(H,18,19). The van der Waals surface area contributed by atoms with Crippen LogP contribution in [-0.4, -0.2) is 40.7 Å². The zero-order chi connectivity index (χ0) is 14.7. The van der Waals surface area contributed by atoms with Crippen molar-refractivity contribution in [2.75, 3.05) is 18.9 Å². The molecule has 0 heterocycles. The van der Waals surface area contributed by atoms with E-state index in [2.05, 4.69) is 5.32 Å². The number of carbonyl (C=O) groups is 2. The van der Waals surface area contributed by atoms with Gasteiger partial charge in [0.1, 0.15) is 5.75 Å². The largest absolute Gasteiger partial charge is 0.506 e. The minimum absolute atomic E-state index is 0.0247. The summed E-state index contributed by atoms with van der Waals surface area (Å²) in [6, 6.07) is 3.52. The second kappa shape index (κ2) is 5.81. The minimum Gasteiger partial charge on any atom is -0.506 e. The van der Waals surface area contributed by atoms with Crippen molar-refractivity contribution in [3.63, 3.8) is 0 Å². The van der Waals surface area contributed by atoms with Gasteiger partial charge in [-0.05, 0) is 37.0 Å². The Balaban J connectivity index is 1.97. The van der Waals surface area contributed by atoms with Crippen molar-refractivity contribution < 1.29 is 19.8 Å². The molecular weight excluding hydrogens is 260 g/mol. The Labute approximate surface area is 117 Å². The van der Waals surface area contributed by atoms with E-state index in [1.54, 1.807) is 11.9 Å². The zero-order valence-electron chi connectivity index (χ0n) is 11.3. The monoisotopic (exact) mass is 278 g/mol. The van der Waals surface area contributed by atoms with Crippen LogP contribution < -0.4 is 5.32 Å². The van der Waals surface area contributed by atoms with E-state index >= 15 is 0 Å². The first-order valence-corrected chi connectivity index (χ1v) is 6.56. The SMILES string of the molecule is CN(CC1CCC1)C(=O)Nc1ccc(C(=O)O)cc1O. The Hall–Kier alpha value is -2.24. The number of amides is 2. The van der Waals surface area contributed by atoms with Gasteiger partial charge >= 0.3 is 12.0 Å². The first-order valence-electron chi connectivity index (χ1n) is 6.56. The molecule has 1 aromatic rings. The number of aromatic carboxylic acids is 1. The lowest BCUT2D eigenvalue weighted by atomic mass is 9.85. The van der Waals surface area contributed by atoms with Crippen LogP contribution in [-0.2, 0) is 0 Å². The molecule has 1 aromatic carbocycles. The van der Waals surface area contributed by atoms with Crippen LogP contribution >= 0.6 is 0 Å². The summed E-state index contributed by atoms with van der Waals surface area (Å²) in [7, 11) is 1.70. The summed E-state index contributed by atoms with van der Waals surface area (Å²) in [6.07, 6.45) is 3.52. The quantitative estimate of drug-likeness (QED) is 0.737. The molecule has 0 atom stereocenters. The number of hydrogen-bond donors (Lipinski definition) is 3. The van der Waals surface area contributed by atoms with Crippen LogP contribution in [0, 0.1) is 5.92 Å². The molecule has 6 heteroatoms. The van der Waals surface area contributed by atoms with Crippen LogP contribution in [0.3, 0.4) is 0 Å². The van der Waals surface area contributed by atoms with Crippen LogP contribution in [0.5, 0.6) is 5.75 Å². The number of urea groups is 1. The minimum atomic E-state index is -1.12. The molecule has 0 radical (unpaired) electrons. The maximum atomic E-state index is 11.9. The molecule has 6 nitrogen and oxygen atoms in total. The van der Waals surface area contributed by atoms with Crippen molar-refractivity contribution >= 4 is 17.7 Å². The van der Waals surface area contributed by atoms with E-state index < -0.39 is 5.97 Å². The molecule has 0 aliphatic heterocycles. The number of phenolic OH excluding ortho intramolecular Hbond substituents is 1. The summed E-state index contributed by atoms with van der Waals surface area (Å²) in [4.78, 5) is 24.3. The fourth-order valence-corrected chi connectivity index (χ4v) is 2.13. The van der Waals surface area contributed by atoms with Gasteiger partial charge in [0.25, 0.3) is 0 Å². The second-order valence-corrected chi connectivity index (χ2v) is 5.14. The van der Waals surface area contributed by atoms with E-state index in [0.29, 0.717) is 12.5 Å². The Morgan fingerprint density at radius 1 is 1.40 bits per heavy atom. The molecular formula is C14H18N2O4. The van der Waals surface area contributed by atoms with Gasteiger partial charge in [-0.25, -0.2) is 9.59 Å². The number of benzene rings is 1. The fraction of sp³-hybridized carbons (Fsp3) is 0.429. The van der Waals surface area contributed by atoms with Crippen LogP contribution in [0.2, 0.25) is 0 Å². The smallest absolute Gasteiger partial charge is 0.335 e. The first kappa shape index (κ1) is 14.2. The third-order valence-corrected chi connectivity index (χ3v) is 3.59. The van der Waals surface area contributed by atoms with Gasteiger partial charge in [0.15, 0.2) is 0 Å². The van der Waals surface area contributed by atoms with Gasteiger partial charge in [0.05, 0.1) is 11.3 Å². The number of nitrogens with one attached hydrogen (secondary N) is 1. The molecule has 2 amide bonds. The normalized spacial score (nSPS) is 14.4. The van der Waals surface area contributed by atoms with Gasteiger partial charge < -0.3 is 20.4 Å². The number of nitrogens with zero attached hydrogens (tertiary/aromatic N) is 1. The maximum absolute atomic E-state index is 11.9. The summed E-state index contributed by atoms with van der Waals surface area (Å²) in [5.41, 5.74) is 0.184. The van der Waals surface area contributed by atoms with E-state index in [4.69, 9.17) is 5.11 Å². The summed E-state index contributed by atoms with van der Waals surface area (Å²) >= 11 is 0. The summed E-state index contributed by atoms with van der Waals surface area (Å²) < 4.78 is 0. The average Bonchev–Trinajstić information content (AvgIpc) is 2.35. The van der Waals surface area contributed by atoms with Gasteiger partial charge in [-0.15, -0.1) is 0 Å². The molecule has 108 valence electrons. The average molecular weight is 278 g/mol. The second-order valence-electron chi connectivity index (χ2n) is 5.14. The van der Waals surface area contributed by atoms with Crippen molar-refractivity contribution in [3.8, 4) is 5.75 Å². The van der Waals surface area contributed by atoms with Gasteiger partial charge in [-0.3, -0.25) is 0 Å². The van der Waals surface area contributed by atoms with E-state index in [1.165, 1.54) is 18.6 Å². The first-order chi connectivity index (χ1) is 9.47. The van der Waals surface area contributed by atoms with Crippen molar-refractivity contribution in [3.05, 3.63) is 23.8 Å². The Morgan fingerprint density at radius 2 is 2.10 bits per heavy atom. The Morgan fingerprint density at radius 3 is 2.60 bits per heavy atom. The third kappa shape index (κ3) is 3.20. The van der Waals surface area contributed by atoms with Crippen LogP contribution in [0.4, 0.5) is 10.5 Å². The molecule has 0 unspecified atom stereocenters. The highest BCUT2D eigenvalue weighted by atomic mass is 16.4. The third-order valence-electron chi connectivity index (χ3n) is 3.59. The number of hydrogen-bond acceptors (Lipinski definition) is 3. The number of carboxylic acid groups (broad SMARTS) is 1. The molecule has 20 heavy (non-hydrogen) atoms. The van der Waals surface area contributed by atoms with Crippen molar-refractivity contribution in [2.24, 2.45) is 5.92 Å². The topological polar surface area (TPSA) is 89.9 Å². The highest BCUT2D eigenvalue weighted by Crippen LogP contribution is 2.28. The van der Waals surface area contributed by atoms with Crippen LogP contribution in [0.15, 0.2) is 18.2 Å². The predicted octanol–water partition coefficient (Wildman–Crippen LogP) is 2.35. The van der Waals surface area contributed by atoms with Crippen molar-refractivity contribution in [1.29, 1.82) is 0 Å². The van der Waals surface area contributed by atoms with E-state index in [9.17, 15) is 14.7 Å². The van der Waals surface area contributed by atoms with Crippen LogP contribution in [0.25, 0.3) is 0 Å². The molecule has 0 saturated heterocycles. The van der Waals surface area contributed by atoms with Crippen LogP contribution in [0.1, 0.15) is 29.6 Å². The number of phenols is 1. The summed E-state index contributed by atoms with van der Waals surface area (Å²) in [5, 5.41) is 21.1. The number of aromatic hydroxyl groups is 1. The zero-order valence-corrected chi connectivity index (χ0v) is 11.3. The molecule has 2 rings (SSSR count). The molecule has 0 bridgehead atoms. The lowest BCUT2D eigenvalue weighted by Crippen LogP contribution is -2.37. The molecule has 1 saturated carbocycles. The lowest BCUT2D eigenvalue weighted by molar-refractivity contribution is 0.0696. The molecule has 1 fully saturated rings. The van der Waals surface area contributed by atoms with Gasteiger partial charge in [0, 0.05) is 13.6 Å². The molecule has 0 spiro atoms. The lowest BCUT2D eigenvalue weighted by Gasteiger charge is -2.30. The molecule has 1 aliphatic carbocycles. The summed E-state index contributed by atoms with van der Waals surface area (Å²) in [6.45, 7) is 0.694. The Kier molecular flexibility index (Phi) is 4.12. The molecule has 0 aromatic heterocycles. The summed E-state index contributed by atoms with van der Waals surface area (Å²) in [5.74, 6) is -0.815. The highest BCUT2D eigenvalue weighted by Gasteiger charge is 2.21. The number of carbonyl (C=O) groups excluding carboxylic acids is 1. The predicted molar refractivity (Wildman–Crippen MR) is 74.1 cm³/mol. The van der Waals surface area contributed by atoms with Crippen molar-refractivity contribution in [2.45, 2.75) is 19.3 Å². The Bertz CT molecular complexity index is 526. The molecule has 1 aliphatic rings. The van der Waals surface area contributed by atoms with Crippen molar-refractivity contribution in [1.82, 2.24) is 4.90 Å². The van der Waals surface area contributed by atoms with E-state index in [0.717, 1.165) is 18.9 Å². The highest BCUT2D eigenvalue weighted by molar-refractivity contribution is 5.93. The number of rotatable bonds is 4.